The summed E-state index contributed by atoms with van der Waals surface area (Å²) in [6.45, 7) is 3.76. The Bertz CT molecular complexity index is 877. The van der Waals surface area contributed by atoms with Crippen LogP contribution in [0.1, 0.15) is 25.5 Å². The van der Waals surface area contributed by atoms with Crippen LogP contribution >= 0.6 is 36.4 Å². The first-order valence-electron chi connectivity index (χ1n) is 7.22. The van der Waals surface area contributed by atoms with Crippen molar-refractivity contribution >= 4 is 46.3 Å². The SMILES string of the molecule is CCOc1c(C(C)N)cc(Cl)c(F)c1-c1cncc(S(C)(=O)=O)c1.Cl.Cl. The summed E-state index contributed by atoms with van der Waals surface area (Å²) in [5, 5.41) is -0.120. The lowest BCUT2D eigenvalue weighted by atomic mass is 9.98. The molecular weight excluding hydrogens is 426 g/mol. The molecule has 0 bridgehead atoms. The molecule has 10 heteroatoms. The van der Waals surface area contributed by atoms with Crippen molar-refractivity contribution in [2.24, 2.45) is 5.73 Å². The summed E-state index contributed by atoms with van der Waals surface area (Å²) in [6.07, 6.45) is 3.62. The molecule has 0 spiro atoms. The number of ether oxygens (including phenoxy) is 1. The Morgan fingerprint density at radius 2 is 1.92 bits per heavy atom. The fourth-order valence-electron chi connectivity index (χ4n) is 2.28. The third-order valence-electron chi connectivity index (χ3n) is 3.41. The first-order chi connectivity index (χ1) is 11.2. The van der Waals surface area contributed by atoms with Gasteiger partial charge in [0.15, 0.2) is 15.7 Å². The van der Waals surface area contributed by atoms with Gasteiger partial charge in [0.25, 0.3) is 0 Å². The lowest BCUT2D eigenvalue weighted by Gasteiger charge is -2.19. The van der Waals surface area contributed by atoms with Gasteiger partial charge in [-0.3, -0.25) is 4.98 Å². The zero-order chi connectivity index (χ0) is 18.1. The van der Waals surface area contributed by atoms with Crippen LogP contribution < -0.4 is 10.5 Å². The van der Waals surface area contributed by atoms with Crippen LogP contribution in [0.2, 0.25) is 5.02 Å². The third kappa shape index (κ3) is 5.20. The Hall–Kier alpha value is -1.12. The summed E-state index contributed by atoms with van der Waals surface area (Å²) in [7, 11) is -3.49. The molecule has 1 atom stereocenters. The highest BCUT2D eigenvalue weighted by molar-refractivity contribution is 7.90. The van der Waals surface area contributed by atoms with E-state index in [1.807, 2.05) is 0 Å². The van der Waals surface area contributed by atoms with Gasteiger partial charge >= 0.3 is 0 Å². The van der Waals surface area contributed by atoms with E-state index in [9.17, 15) is 12.8 Å². The molecule has 2 N–H and O–H groups in total. The molecule has 26 heavy (non-hydrogen) atoms. The van der Waals surface area contributed by atoms with Crippen LogP contribution in [0.5, 0.6) is 5.75 Å². The van der Waals surface area contributed by atoms with Gasteiger partial charge in [-0.2, -0.15) is 0 Å². The highest BCUT2D eigenvalue weighted by Crippen LogP contribution is 2.41. The number of benzene rings is 1. The quantitative estimate of drug-likeness (QED) is 0.745. The maximum Gasteiger partial charge on any atom is 0.177 e. The molecule has 0 aliphatic carbocycles. The molecule has 0 fully saturated rings. The van der Waals surface area contributed by atoms with Gasteiger partial charge in [0, 0.05) is 35.8 Å². The van der Waals surface area contributed by atoms with E-state index in [4.69, 9.17) is 22.1 Å². The van der Waals surface area contributed by atoms with Gasteiger partial charge < -0.3 is 10.5 Å². The van der Waals surface area contributed by atoms with Crippen molar-refractivity contribution in [3.05, 3.63) is 40.9 Å². The molecule has 0 saturated carbocycles. The third-order valence-corrected chi connectivity index (χ3v) is 4.76. The van der Waals surface area contributed by atoms with Crippen molar-refractivity contribution in [1.82, 2.24) is 4.98 Å². The Morgan fingerprint density at radius 1 is 1.31 bits per heavy atom. The molecular formula is C16H20Cl3FN2O3S. The number of hydrogen-bond donors (Lipinski definition) is 1. The summed E-state index contributed by atoms with van der Waals surface area (Å²) in [5.74, 6) is -0.473. The number of sulfone groups is 1. The summed E-state index contributed by atoms with van der Waals surface area (Å²) >= 11 is 5.99. The zero-order valence-corrected chi connectivity index (χ0v) is 17.5. The van der Waals surface area contributed by atoms with Crippen LogP contribution in [-0.4, -0.2) is 26.3 Å². The Balaban J connectivity index is 0.00000312. The predicted octanol–water partition coefficient (Wildman–Crippen LogP) is 4.21. The fraction of sp³-hybridized carbons (Fsp3) is 0.312. The second-order valence-corrected chi connectivity index (χ2v) is 7.79. The molecule has 1 heterocycles. The number of rotatable bonds is 5. The lowest BCUT2D eigenvalue weighted by molar-refractivity contribution is 0.334. The lowest BCUT2D eigenvalue weighted by Crippen LogP contribution is -2.10. The predicted molar refractivity (Wildman–Crippen MR) is 106 cm³/mol. The topological polar surface area (TPSA) is 82.3 Å². The van der Waals surface area contributed by atoms with Crippen molar-refractivity contribution in [3.8, 4) is 16.9 Å². The number of halogens is 4. The first kappa shape index (κ1) is 24.9. The van der Waals surface area contributed by atoms with E-state index in [0.717, 1.165) is 6.26 Å². The van der Waals surface area contributed by atoms with Gasteiger partial charge in [-0.05, 0) is 26.0 Å². The van der Waals surface area contributed by atoms with E-state index in [-0.39, 0.29) is 58.2 Å². The van der Waals surface area contributed by atoms with Gasteiger partial charge in [0.1, 0.15) is 5.75 Å². The molecule has 1 aromatic heterocycles. The van der Waals surface area contributed by atoms with E-state index >= 15 is 0 Å². The van der Waals surface area contributed by atoms with Gasteiger partial charge in [0.05, 0.1) is 22.1 Å². The maximum absolute atomic E-state index is 14.7. The average molecular weight is 446 g/mol. The highest BCUT2D eigenvalue weighted by atomic mass is 35.5. The molecule has 0 aliphatic rings. The van der Waals surface area contributed by atoms with E-state index in [0.29, 0.717) is 5.56 Å². The molecule has 2 aromatic rings. The van der Waals surface area contributed by atoms with Crippen LogP contribution in [0.15, 0.2) is 29.4 Å². The van der Waals surface area contributed by atoms with E-state index in [1.165, 1.54) is 24.5 Å². The number of aromatic nitrogens is 1. The van der Waals surface area contributed by atoms with Crippen molar-refractivity contribution < 1.29 is 17.5 Å². The second-order valence-electron chi connectivity index (χ2n) is 5.37. The van der Waals surface area contributed by atoms with Crippen LogP contribution in [0, 0.1) is 5.82 Å². The van der Waals surface area contributed by atoms with E-state index in [2.05, 4.69) is 4.98 Å². The normalized spacial score (nSPS) is 11.9. The van der Waals surface area contributed by atoms with Gasteiger partial charge in [0.2, 0.25) is 0 Å². The average Bonchev–Trinajstić information content (AvgIpc) is 2.50. The maximum atomic E-state index is 14.7. The van der Waals surface area contributed by atoms with Gasteiger partial charge in [-0.25, -0.2) is 12.8 Å². The summed E-state index contributed by atoms with van der Waals surface area (Å²) < 4.78 is 43.8. The molecule has 0 amide bonds. The second kappa shape index (κ2) is 9.71. The smallest absolute Gasteiger partial charge is 0.177 e. The minimum Gasteiger partial charge on any atom is -0.493 e. The minimum absolute atomic E-state index is 0. The van der Waals surface area contributed by atoms with Crippen molar-refractivity contribution in [3.63, 3.8) is 0 Å². The summed E-state index contributed by atoms with van der Waals surface area (Å²) in [4.78, 5) is 3.87. The fourth-order valence-corrected chi connectivity index (χ4v) is 3.09. The van der Waals surface area contributed by atoms with Crippen LogP contribution in [0.3, 0.4) is 0 Å². The van der Waals surface area contributed by atoms with Gasteiger partial charge in [-0.15, -0.1) is 24.8 Å². The van der Waals surface area contributed by atoms with Crippen molar-refractivity contribution in [1.29, 1.82) is 0 Å². The minimum atomic E-state index is -3.49. The summed E-state index contributed by atoms with van der Waals surface area (Å²) in [6, 6.07) is 2.31. The monoisotopic (exact) mass is 444 g/mol. The molecule has 2 rings (SSSR count). The zero-order valence-electron chi connectivity index (χ0n) is 14.3. The molecule has 5 nitrogen and oxygen atoms in total. The number of nitrogens with zero attached hydrogens (tertiary/aromatic N) is 1. The number of nitrogens with two attached hydrogens (primary N) is 1. The first-order valence-corrected chi connectivity index (χ1v) is 9.49. The highest BCUT2D eigenvalue weighted by Gasteiger charge is 2.23. The van der Waals surface area contributed by atoms with Crippen LogP contribution in [-0.2, 0) is 9.84 Å². The van der Waals surface area contributed by atoms with Crippen molar-refractivity contribution in [2.45, 2.75) is 24.8 Å². The molecule has 146 valence electrons. The molecule has 0 aliphatic heterocycles. The van der Waals surface area contributed by atoms with Crippen LogP contribution in [0.25, 0.3) is 11.1 Å². The standard InChI is InChI=1S/C16H18ClFN2O3S.2ClH/c1-4-23-16-12(9(2)19)6-13(17)15(18)14(16)10-5-11(8-20-7-10)24(3,21)22;;/h5-9H,4,19H2,1-3H3;2*1H. The molecule has 0 radical (unpaired) electrons. The van der Waals surface area contributed by atoms with Gasteiger partial charge in [-0.1, -0.05) is 11.6 Å². The van der Waals surface area contributed by atoms with E-state index < -0.39 is 21.7 Å². The number of hydrogen-bond acceptors (Lipinski definition) is 5. The molecule has 1 aromatic carbocycles. The Labute approximate surface area is 169 Å². The van der Waals surface area contributed by atoms with Crippen molar-refractivity contribution in [2.75, 3.05) is 12.9 Å². The Morgan fingerprint density at radius 3 is 2.42 bits per heavy atom. The molecule has 0 saturated heterocycles. The largest absolute Gasteiger partial charge is 0.493 e. The number of pyridine rings is 1. The van der Waals surface area contributed by atoms with E-state index in [1.54, 1.807) is 13.8 Å². The Kier molecular flexibility index (Phi) is 9.29. The molecule has 1 unspecified atom stereocenters. The van der Waals surface area contributed by atoms with Crippen LogP contribution in [0.4, 0.5) is 4.39 Å². The summed E-state index contributed by atoms with van der Waals surface area (Å²) in [5.41, 5.74) is 6.77.